The fourth-order valence-corrected chi connectivity index (χ4v) is 2.95. The van der Waals surface area contributed by atoms with Gasteiger partial charge in [-0.05, 0) is 24.7 Å². The topological polar surface area (TPSA) is 0 Å². The Bertz CT molecular complexity index is 112. The molecule has 0 heterocycles. The van der Waals surface area contributed by atoms with Gasteiger partial charge >= 0.3 is 0 Å². The number of hydrogen-bond acceptors (Lipinski definition) is 0. The van der Waals surface area contributed by atoms with Gasteiger partial charge in [-0.1, -0.05) is 55.0 Å². The Morgan fingerprint density at radius 3 is 2.42 bits per heavy atom. The van der Waals surface area contributed by atoms with E-state index >= 15 is 0 Å². The highest BCUT2D eigenvalue weighted by Gasteiger charge is 2.16. The van der Waals surface area contributed by atoms with Crippen molar-refractivity contribution in [1.29, 1.82) is 0 Å². The third kappa shape index (κ3) is 3.47. The molecule has 72 valence electrons. The van der Waals surface area contributed by atoms with Crippen LogP contribution in [0.4, 0.5) is 0 Å². The van der Waals surface area contributed by atoms with Gasteiger partial charge in [-0.3, -0.25) is 0 Å². The molecule has 0 aromatic heterocycles. The first-order valence-corrected chi connectivity index (χ1v) is 6.55. The second kappa shape index (κ2) is 6.01. The molecule has 1 rings (SSSR count). The van der Waals surface area contributed by atoms with Crippen LogP contribution in [0.3, 0.4) is 0 Å². The van der Waals surface area contributed by atoms with Gasteiger partial charge in [0.25, 0.3) is 0 Å². The lowest BCUT2D eigenvalue weighted by atomic mass is 9.95. The van der Waals surface area contributed by atoms with E-state index in [2.05, 4.69) is 22.9 Å². The van der Waals surface area contributed by atoms with Crippen molar-refractivity contribution in [2.24, 2.45) is 11.8 Å². The van der Waals surface area contributed by atoms with Gasteiger partial charge in [-0.15, -0.1) is 0 Å². The van der Waals surface area contributed by atoms with Crippen LogP contribution >= 0.6 is 15.9 Å². The van der Waals surface area contributed by atoms with Crippen molar-refractivity contribution >= 4 is 15.9 Å². The molecule has 0 N–H and O–H groups in total. The first-order chi connectivity index (χ1) is 5.86. The third-order valence-electron chi connectivity index (χ3n) is 3.12. The minimum atomic E-state index is 0.979. The van der Waals surface area contributed by atoms with Gasteiger partial charge in [0.05, 0.1) is 0 Å². The van der Waals surface area contributed by atoms with E-state index in [9.17, 15) is 0 Å². The van der Waals surface area contributed by atoms with E-state index in [1.807, 2.05) is 0 Å². The molecule has 1 fully saturated rings. The van der Waals surface area contributed by atoms with Crippen molar-refractivity contribution in [2.45, 2.75) is 51.9 Å². The van der Waals surface area contributed by atoms with Gasteiger partial charge < -0.3 is 0 Å². The number of hydrogen-bond donors (Lipinski definition) is 0. The Kier molecular flexibility index (Phi) is 5.29. The summed E-state index contributed by atoms with van der Waals surface area (Å²) in [5, 5.41) is 1.23. The largest absolute Gasteiger partial charge is 0.0925 e. The Labute approximate surface area is 85.3 Å². The summed E-state index contributed by atoms with van der Waals surface area (Å²) in [6, 6.07) is 0. The summed E-state index contributed by atoms with van der Waals surface area (Å²) < 4.78 is 0. The molecule has 2 atom stereocenters. The molecule has 2 unspecified atom stereocenters. The molecule has 0 nitrogen and oxygen atoms in total. The Balaban J connectivity index is 2.24. The monoisotopic (exact) mass is 232 g/mol. The fourth-order valence-electron chi connectivity index (χ4n) is 2.31. The molecule has 1 saturated carbocycles. The van der Waals surface area contributed by atoms with Crippen molar-refractivity contribution in [2.75, 3.05) is 5.33 Å². The maximum atomic E-state index is 3.60. The highest BCUT2D eigenvalue weighted by molar-refractivity contribution is 9.09. The molecule has 0 aromatic rings. The van der Waals surface area contributed by atoms with Crippen LogP contribution in [0.5, 0.6) is 0 Å². The number of alkyl halides is 1. The Morgan fingerprint density at radius 1 is 1.08 bits per heavy atom. The fraction of sp³-hybridized carbons (Fsp3) is 1.00. The maximum Gasteiger partial charge on any atom is 0.00596 e. The first-order valence-electron chi connectivity index (χ1n) is 5.42. The molecule has 12 heavy (non-hydrogen) atoms. The van der Waals surface area contributed by atoms with E-state index in [4.69, 9.17) is 0 Å². The molecule has 0 aliphatic heterocycles. The predicted molar refractivity (Wildman–Crippen MR) is 58.8 cm³/mol. The summed E-state index contributed by atoms with van der Waals surface area (Å²) in [6.45, 7) is 2.31. The third-order valence-corrected chi connectivity index (χ3v) is 4.04. The molecule has 0 radical (unpaired) electrons. The zero-order chi connectivity index (χ0) is 8.81. The molecule has 0 aromatic carbocycles. The van der Waals surface area contributed by atoms with Crippen molar-refractivity contribution in [3.63, 3.8) is 0 Å². The summed E-state index contributed by atoms with van der Waals surface area (Å²) in [6.07, 6.45) is 10.2. The molecular formula is C11H21Br. The second-order valence-corrected chi connectivity index (χ2v) is 4.83. The van der Waals surface area contributed by atoms with Crippen LogP contribution in [0.25, 0.3) is 0 Å². The second-order valence-electron chi connectivity index (χ2n) is 4.18. The average molecular weight is 233 g/mol. The summed E-state index contributed by atoms with van der Waals surface area (Å²) in [5.74, 6) is 2.03. The Morgan fingerprint density at radius 2 is 1.75 bits per heavy atom. The molecular weight excluding hydrogens is 212 g/mol. The van der Waals surface area contributed by atoms with Crippen LogP contribution in [0.15, 0.2) is 0 Å². The van der Waals surface area contributed by atoms with Gasteiger partial charge in [-0.2, -0.15) is 0 Å². The van der Waals surface area contributed by atoms with Crippen molar-refractivity contribution in [1.82, 2.24) is 0 Å². The summed E-state index contributed by atoms with van der Waals surface area (Å²) in [5.41, 5.74) is 0. The molecule has 0 bridgehead atoms. The minimum absolute atomic E-state index is 0.979. The van der Waals surface area contributed by atoms with Crippen LogP contribution < -0.4 is 0 Å². The molecule has 1 heteroatoms. The van der Waals surface area contributed by atoms with Crippen LogP contribution in [0.1, 0.15) is 51.9 Å². The van der Waals surface area contributed by atoms with E-state index in [1.54, 1.807) is 0 Å². The van der Waals surface area contributed by atoms with Crippen molar-refractivity contribution in [3.05, 3.63) is 0 Å². The number of halogens is 1. The summed E-state index contributed by atoms with van der Waals surface area (Å²) in [4.78, 5) is 0. The first kappa shape index (κ1) is 10.6. The summed E-state index contributed by atoms with van der Waals surface area (Å²) >= 11 is 3.60. The van der Waals surface area contributed by atoms with Crippen LogP contribution in [-0.2, 0) is 0 Å². The van der Waals surface area contributed by atoms with Crippen molar-refractivity contribution < 1.29 is 0 Å². The standard InChI is InChI=1S/C11H21Br/c1-2-4-10-5-3-6-11(9-12)8-7-10/h10-11H,2-9H2,1H3. The van der Waals surface area contributed by atoms with Crippen LogP contribution in [0, 0.1) is 11.8 Å². The molecule has 0 spiro atoms. The maximum absolute atomic E-state index is 3.60. The van der Waals surface area contributed by atoms with Gasteiger partial charge in [-0.25, -0.2) is 0 Å². The summed E-state index contributed by atoms with van der Waals surface area (Å²) in [7, 11) is 0. The van der Waals surface area contributed by atoms with Gasteiger partial charge in [0.1, 0.15) is 0 Å². The SMILES string of the molecule is CCCC1CCCC(CBr)CC1. The lowest BCUT2D eigenvalue weighted by Crippen LogP contribution is -2.00. The zero-order valence-corrected chi connectivity index (χ0v) is 9.78. The molecule has 1 aliphatic carbocycles. The molecule has 0 amide bonds. The smallest absolute Gasteiger partial charge is 0.00596 e. The zero-order valence-electron chi connectivity index (χ0n) is 8.19. The highest BCUT2D eigenvalue weighted by Crippen LogP contribution is 2.30. The lowest BCUT2D eigenvalue weighted by molar-refractivity contribution is 0.416. The van der Waals surface area contributed by atoms with Gasteiger partial charge in [0, 0.05) is 5.33 Å². The normalized spacial score (nSPS) is 31.5. The molecule has 1 aliphatic rings. The number of rotatable bonds is 3. The van der Waals surface area contributed by atoms with E-state index in [0.29, 0.717) is 0 Å². The van der Waals surface area contributed by atoms with E-state index < -0.39 is 0 Å². The van der Waals surface area contributed by atoms with E-state index in [0.717, 1.165) is 11.8 Å². The highest BCUT2D eigenvalue weighted by atomic mass is 79.9. The Hall–Kier alpha value is 0.480. The minimum Gasteiger partial charge on any atom is -0.0925 e. The van der Waals surface area contributed by atoms with Crippen LogP contribution in [-0.4, -0.2) is 5.33 Å². The van der Waals surface area contributed by atoms with Crippen LogP contribution in [0.2, 0.25) is 0 Å². The van der Waals surface area contributed by atoms with Crippen molar-refractivity contribution in [3.8, 4) is 0 Å². The van der Waals surface area contributed by atoms with Gasteiger partial charge in [0.15, 0.2) is 0 Å². The molecule has 0 saturated heterocycles. The lowest BCUT2D eigenvalue weighted by Gasteiger charge is -2.12. The van der Waals surface area contributed by atoms with E-state index in [-0.39, 0.29) is 0 Å². The quantitative estimate of drug-likeness (QED) is 0.501. The van der Waals surface area contributed by atoms with Gasteiger partial charge in [0.2, 0.25) is 0 Å². The van der Waals surface area contributed by atoms with E-state index in [1.165, 1.54) is 50.3 Å². The predicted octanol–water partition coefficient (Wildman–Crippen LogP) is 4.38. The average Bonchev–Trinajstić information content (AvgIpc) is 2.31.